The lowest BCUT2D eigenvalue weighted by atomic mass is 10.2. The number of hydrogen-bond acceptors (Lipinski definition) is 3. The average molecular weight is 233 g/mol. The van der Waals surface area contributed by atoms with E-state index in [0.29, 0.717) is 19.6 Å². The van der Waals surface area contributed by atoms with Gasteiger partial charge < -0.3 is 14.4 Å². The number of aromatic nitrogens is 1. The highest BCUT2D eigenvalue weighted by Crippen LogP contribution is 2.20. The Kier molecular flexibility index (Phi) is 3.32. The van der Waals surface area contributed by atoms with E-state index in [1.807, 2.05) is 22.9 Å². The average Bonchev–Trinajstić information content (AvgIpc) is 2.71. The molecule has 0 radical (unpaired) electrons. The number of phenols is 1. The van der Waals surface area contributed by atoms with Crippen molar-refractivity contribution in [3.05, 3.63) is 30.5 Å². The molecule has 0 saturated carbocycles. The van der Waals surface area contributed by atoms with Crippen LogP contribution in [0.3, 0.4) is 0 Å². The van der Waals surface area contributed by atoms with Crippen LogP contribution in [0.15, 0.2) is 30.5 Å². The van der Waals surface area contributed by atoms with Gasteiger partial charge in [-0.05, 0) is 24.3 Å². The van der Waals surface area contributed by atoms with Gasteiger partial charge in [0, 0.05) is 23.5 Å². The maximum Gasteiger partial charge on any atom is 0.305 e. The third-order valence-corrected chi connectivity index (χ3v) is 2.64. The highest BCUT2D eigenvalue weighted by Gasteiger charge is 2.03. The van der Waals surface area contributed by atoms with Crippen LogP contribution in [-0.2, 0) is 16.1 Å². The lowest BCUT2D eigenvalue weighted by molar-refractivity contribution is -0.143. The van der Waals surface area contributed by atoms with Gasteiger partial charge in [0.15, 0.2) is 0 Å². The van der Waals surface area contributed by atoms with Crippen molar-refractivity contribution < 1.29 is 14.6 Å². The lowest BCUT2D eigenvalue weighted by Gasteiger charge is -2.06. The molecular formula is C13H15NO3. The molecule has 0 atom stereocenters. The molecule has 0 unspecified atom stereocenters. The summed E-state index contributed by atoms with van der Waals surface area (Å²) in [5, 5.41) is 10.3. The fraction of sp³-hybridized carbons (Fsp3) is 0.308. The first-order chi connectivity index (χ1) is 8.20. The molecule has 2 aromatic rings. The quantitative estimate of drug-likeness (QED) is 0.824. The number of carbonyl (C=O) groups excluding carboxylic acids is 1. The van der Waals surface area contributed by atoms with E-state index in [2.05, 4.69) is 0 Å². The molecule has 0 aliphatic carbocycles. The molecule has 0 amide bonds. The fourth-order valence-electron chi connectivity index (χ4n) is 1.74. The second-order valence-electron chi connectivity index (χ2n) is 3.83. The highest BCUT2D eigenvalue weighted by molar-refractivity contribution is 5.81. The van der Waals surface area contributed by atoms with Gasteiger partial charge in [-0.25, -0.2) is 0 Å². The summed E-state index contributed by atoms with van der Waals surface area (Å²) in [4.78, 5) is 11.0. The summed E-state index contributed by atoms with van der Waals surface area (Å²) in [7, 11) is 0. The van der Waals surface area contributed by atoms with E-state index in [1.54, 1.807) is 19.1 Å². The summed E-state index contributed by atoms with van der Waals surface area (Å²) in [6.45, 7) is 2.77. The van der Waals surface area contributed by atoms with Crippen molar-refractivity contribution in [1.82, 2.24) is 4.57 Å². The van der Waals surface area contributed by atoms with Crippen molar-refractivity contribution in [3.63, 3.8) is 0 Å². The summed E-state index contributed by atoms with van der Waals surface area (Å²) in [5.74, 6) is 0.0757. The molecule has 0 saturated heterocycles. The number of aromatic hydroxyl groups is 1. The summed E-state index contributed by atoms with van der Waals surface area (Å²) in [6.07, 6.45) is 2.32. The van der Waals surface area contributed by atoms with Gasteiger partial charge >= 0.3 is 5.97 Å². The van der Waals surface area contributed by atoms with E-state index in [-0.39, 0.29) is 11.7 Å². The molecule has 4 nitrogen and oxygen atoms in total. The van der Waals surface area contributed by atoms with Crippen LogP contribution in [0.4, 0.5) is 0 Å². The van der Waals surface area contributed by atoms with Crippen molar-refractivity contribution in [1.29, 1.82) is 0 Å². The van der Waals surface area contributed by atoms with Crippen molar-refractivity contribution in [2.75, 3.05) is 6.61 Å². The zero-order valence-corrected chi connectivity index (χ0v) is 9.72. The Morgan fingerprint density at radius 1 is 1.41 bits per heavy atom. The molecule has 2 rings (SSSR count). The first-order valence-electron chi connectivity index (χ1n) is 5.64. The van der Waals surface area contributed by atoms with E-state index in [4.69, 9.17) is 4.74 Å². The Bertz CT molecular complexity index is 530. The van der Waals surface area contributed by atoms with Gasteiger partial charge in [0.2, 0.25) is 0 Å². The maximum absolute atomic E-state index is 11.0. The van der Waals surface area contributed by atoms with E-state index >= 15 is 0 Å². The minimum atomic E-state index is -0.181. The van der Waals surface area contributed by atoms with Crippen LogP contribution < -0.4 is 0 Å². The van der Waals surface area contributed by atoms with Gasteiger partial charge in [0.25, 0.3) is 0 Å². The first-order valence-corrected chi connectivity index (χ1v) is 5.64. The van der Waals surface area contributed by atoms with Crippen molar-refractivity contribution >= 4 is 16.9 Å². The minimum Gasteiger partial charge on any atom is -0.508 e. The Morgan fingerprint density at radius 3 is 3.00 bits per heavy atom. The Morgan fingerprint density at radius 2 is 2.24 bits per heavy atom. The van der Waals surface area contributed by atoms with E-state index in [9.17, 15) is 9.90 Å². The van der Waals surface area contributed by atoms with Crippen LogP contribution in [0, 0.1) is 0 Å². The zero-order valence-electron chi connectivity index (χ0n) is 9.72. The number of benzene rings is 1. The van der Waals surface area contributed by atoms with Gasteiger partial charge in [-0.1, -0.05) is 6.92 Å². The number of fused-ring (bicyclic) bond motifs is 1. The van der Waals surface area contributed by atoms with E-state index in [1.165, 1.54) is 0 Å². The number of carbonyl (C=O) groups is 1. The molecule has 1 heterocycles. The number of ether oxygens (including phenoxy) is 1. The summed E-state index contributed by atoms with van der Waals surface area (Å²) >= 11 is 0. The molecule has 17 heavy (non-hydrogen) atoms. The Labute approximate surface area is 99.4 Å². The van der Waals surface area contributed by atoms with Crippen LogP contribution in [0.25, 0.3) is 10.9 Å². The molecule has 0 aliphatic heterocycles. The van der Waals surface area contributed by atoms with Crippen molar-refractivity contribution in [3.8, 4) is 5.75 Å². The smallest absolute Gasteiger partial charge is 0.305 e. The van der Waals surface area contributed by atoms with Crippen LogP contribution in [-0.4, -0.2) is 22.2 Å². The van der Waals surface area contributed by atoms with Gasteiger partial charge in [0.05, 0.1) is 6.54 Å². The molecule has 1 aromatic heterocycles. The predicted molar refractivity (Wildman–Crippen MR) is 64.9 cm³/mol. The second-order valence-corrected chi connectivity index (χ2v) is 3.83. The highest BCUT2D eigenvalue weighted by atomic mass is 16.5. The Balaban J connectivity index is 2.06. The van der Waals surface area contributed by atoms with Crippen LogP contribution in [0.5, 0.6) is 5.75 Å². The van der Waals surface area contributed by atoms with Crippen molar-refractivity contribution in [2.24, 2.45) is 0 Å². The molecule has 0 bridgehead atoms. The number of nitrogens with zero attached hydrogens (tertiary/aromatic N) is 1. The number of hydrogen-bond donors (Lipinski definition) is 1. The molecular weight excluding hydrogens is 218 g/mol. The monoisotopic (exact) mass is 233 g/mol. The van der Waals surface area contributed by atoms with Gasteiger partial charge in [0.1, 0.15) is 12.4 Å². The van der Waals surface area contributed by atoms with Gasteiger partial charge in [-0.3, -0.25) is 4.79 Å². The lowest BCUT2D eigenvalue weighted by Crippen LogP contribution is -2.09. The third-order valence-electron chi connectivity index (χ3n) is 2.64. The van der Waals surface area contributed by atoms with Crippen molar-refractivity contribution in [2.45, 2.75) is 19.9 Å². The van der Waals surface area contributed by atoms with Crippen LogP contribution >= 0.6 is 0 Å². The number of rotatable bonds is 4. The largest absolute Gasteiger partial charge is 0.508 e. The molecule has 4 heteroatoms. The topological polar surface area (TPSA) is 51.5 Å². The fourth-order valence-corrected chi connectivity index (χ4v) is 1.74. The molecule has 0 spiro atoms. The maximum atomic E-state index is 11.0. The molecule has 1 aromatic carbocycles. The number of phenolic OH excluding ortho intramolecular Hbond substituents is 1. The van der Waals surface area contributed by atoms with Crippen LogP contribution in [0.2, 0.25) is 0 Å². The first kappa shape index (κ1) is 11.5. The molecule has 1 N–H and O–H groups in total. The third kappa shape index (κ3) is 2.58. The normalized spacial score (nSPS) is 10.6. The minimum absolute atomic E-state index is 0.181. The van der Waals surface area contributed by atoms with E-state index < -0.39 is 0 Å². The second kappa shape index (κ2) is 4.91. The Hall–Kier alpha value is -1.97. The molecule has 0 aliphatic rings. The SMILES string of the molecule is CCC(=O)OCCn1ccc2cc(O)ccc21. The zero-order chi connectivity index (χ0) is 12.3. The summed E-state index contributed by atoms with van der Waals surface area (Å²) in [6, 6.07) is 7.14. The standard InChI is InChI=1S/C13H15NO3/c1-2-13(16)17-8-7-14-6-5-10-9-11(15)3-4-12(10)14/h3-6,9,15H,2,7-8H2,1H3. The molecule has 0 fully saturated rings. The van der Waals surface area contributed by atoms with Crippen LogP contribution in [0.1, 0.15) is 13.3 Å². The van der Waals surface area contributed by atoms with E-state index in [0.717, 1.165) is 10.9 Å². The van der Waals surface area contributed by atoms with Gasteiger partial charge in [-0.15, -0.1) is 0 Å². The summed E-state index contributed by atoms with van der Waals surface area (Å²) in [5.41, 5.74) is 1.02. The summed E-state index contributed by atoms with van der Waals surface area (Å²) < 4.78 is 7.03. The molecule has 90 valence electrons. The number of esters is 1. The van der Waals surface area contributed by atoms with Gasteiger partial charge in [-0.2, -0.15) is 0 Å². The predicted octanol–water partition coefficient (Wildman–Crippen LogP) is 2.30.